The number of hydrogen-bond donors (Lipinski definition) is 0. The minimum absolute atomic E-state index is 0.109. The summed E-state index contributed by atoms with van der Waals surface area (Å²) < 4.78 is 11.8. The van der Waals surface area contributed by atoms with Crippen molar-refractivity contribution < 1.29 is 9.47 Å². The van der Waals surface area contributed by atoms with Gasteiger partial charge in [-0.05, 0) is 6.42 Å². The van der Waals surface area contributed by atoms with Gasteiger partial charge in [0.1, 0.15) is 13.2 Å². The molecule has 1 aliphatic rings. The van der Waals surface area contributed by atoms with Gasteiger partial charge in [0.25, 0.3) is 0 Å². The molecule has 18 heavy (non-hydrogen) atoms. The number of rotatable bonds is 2. The summed E-state index contributed by atoms with van der Waals surface area (Å²) in [5.74, 6) is 2.00. The molecule has 0 unspecified atom stereocenters. The Balaban J connectivity index is 2.59. The third-order valence-electron chi connectivity index (χ3n) is 3.58. The molecule has 2 heterocycles. The van der Waals surface area contributed by atoms with Crippen LogP contribution in [0.2, 0.25) is 0 Å². The molecule has 102 valence electrons. The molecule has 0 bridgehead atoms. The molecule has 1 aromatic rings. The lowest BCUT2D eigenvalue weighted by Crippen LogP contribution is -2.20. The Morgan fingerprint density at radius 3 is 1.89 bits per heavy atom. The molecule has 0 saturated heterocycles. The zero-order valence-electron chi connectivity index (χ0n) is 12.3. The molecule has 1 aromatic heterocycles. The molecule has 0 radical (unpaired) electrons. The molecule has 0 saturated carbocycles. The molecule has 3 heteroatoms. The van der Waals surface area contributed by atoms with E-state index in [2.05, 4.69) is 41.5 Å². The molecule has 0 aliphatic carbocycles. The molecule has 0 spiro atoms. The van der Waals surface area contributed by atoms with Gasteiger partial charge in [-0.15, -0.1) is 11.3 Å². The van der Waals surface area contributed by atoms with Gasteiger partial charge < -0.3 is 9.47 Å². The normalized spacial score (nSPS) is 15.9. The van der Waals surface area contributed by atoms with E-state index in [1.807, 2.05) is 11.3 Å². The fourth-order valence-electron chi connectivity index (χ4n) is 2.05. The number of thiophene rings is 1. The Kier molecular flexibility index (Phi) is 3.39. The van der Waals surface area contributed by atoms with Crippen molar-refractivity contribution in [1.82, 2.24) is 0 Å². The van der Waals surface area contributed by atoms with Crippen LogP contribution in [0.25, 0.3) is 0 Å². The Morgan fingerprint density at radius 2 is 1.44 bits per heavy atom. The third-order valence-corrected chi connectivity index (χ3v) is 5.52. The SMILES string of the molecule is CCC(C)(C)c1sc(C(C)(C)C)c2c1OCCO2. The van der Waals surface area contributed by atoms with E-state index in [0.717, 1.165) is 17.9 Å². The summed E-state index contributed by atoms with van der Waals surface area (Å²) >= 11 is 1.86. The highest BCUT2D eigenvalue weighted by Gasteiger charge is 2.35. The largest absolute Gasteiger partial charge is 0.485 e. The van der Waals surface area contributed by atoms with Crippen molar-refractivity contribution >= 4 is 11.3 Å². The molecule has 1 aliphatic heterocycles. The molecular formula is C15H24O2S. The van der Waals surface area contributed by atoms with Crippen molar-refractivity contribution in [2.24, 2.45) is 0 Å². The first-order valence-corrected chi connectivity index (χ1v) is 7.52. The molecular weight excluding hydrogens is 244 g/mol. The van der Waals surface area contributed by atoms with Gasteiger partial charge in [-0.3, -0.25) is 0 Å². The Bertz CT molecular complexity index is 438. The maximum atomic E-state index is 5.90. The summed E-state index contributed by atoms with van der Waals surface area (Å²) in [6.07, 6.45) is 1.10. The predicted octanol–water partition coefficient (Wildman–Crippen LogP) is 4.50. The topological polar surface area (TPSA) is 18.5 Å². The monoisotopic (exact) mass is 268 g/mol. The predicted molar refractivity (Wildman–Crippen MR) is 77.3 cm³/mol. The van der Waals surface area contributed by atoms with Crippen LogP contribution in [0.5, 0.6) is 11.5 Å². The Labute approximate surface area is 114 Å². The van der Waals surface area contributed by atoms with Gasteiger partial charge in [-0.25, -0.2) is 0 Å². The summed E-state index contributed by atoms with van der Waals surface area (Å²) in [5.41, 5.74) is 0.260. The van der Waals surface area contributed by atoms with Gasteiger partial charge in [0.05, 0.1) is 9.75 Å². The number of hydrogen-bond acceptors (Lipinski definition) is 3. The van der Waals surface area contributed by atoms with Crippen molar-refractivity contribution in [3.05, 3.63) is 9.75 Å². The van der Waals surface area contributed by atoms with Crippen LogP contribution in [0, 0.1) is 0 Å². The van der Waals surface area contributed by atoms with E-state index in [1.165, 1.54) is 9.75 Å². The summed E-state index contributed by atoms with van der Waals surface area (Å²) in [4.78, 5) is 2.65. The summed E-state index contributed by atoms with van der Waals surface area (Å²) in [6.45, 7) is 14.8. The molecule has 0 fully saturated rings. The molecule has 0 N–H and O–H groups in total. The van der Waals surface area contributed by atoms with Gasteiger partial charge in [0, 0.05) is 10.8 Å². The Hall–Kier alpha value is -0.700. The average molecular weight is 268 g/mol. The summed E-state index contributed by atoms with van der Waals surface area (Å²) in [7, 11) is 0. The average Bonchev–Trinajstić information content (AvgIpc) is 2.68. The minimum Gasteiger partial charge on any atom is -0.485 e. The van der Waals surface area contributed by atoms with Crippen LogP contribution in [0.4, 0.5) is 0 Å². The van der Waals surface area contributed by atoms with E-state index in [-0.39, 0.29) is 10.8 Å². The maximum absolute atomic E-state index is 5.90. The van der Waals surface area contributed by atoms with Crippen molar-refractivity contribution in [3.63, 3.8) is 0 Å². The smallest absolute Gasteiger partial charge is 0.176 e. The summed E-state index contributed by atoms with van der Waals surface area (Å²) in [6, 6.07) is 0. The maximum Gasteiger partial charge on any atom is 0.176 e. The lowest BCUT2D eigenvalue weighted by Gasteiger charge is -2.25. The molecule has 2 rings (SSSR count). The van der Waals surface area contributed by atoms with Crippen molar-refractivity contribution in [3.8, 4) is 11.5 Å². The first kappa shape index (κ1) is 13.7. The van der Waals surface area contributed by atoms with E-state index < -0.39 is 0 Å². The second kappa shape index (κ2) is 4.44. The quantitative estimate of drug-likeness (QED) is 0.786. The zero-order valence-corrected chi connectivity index (χ0v) is 13.2. The van der Waals surface area contributed by atoms with Crippen molar-refractivity contribution in [2.75, 3.05) is 13.2 Å². The fraction of sp³-hybridized carbons (Fsp3) is 0.733. The van der Waals surface area contributed by atoms with E-state index in [1.54, 1.807) is 0 Å². The molecule has 0 aromatic carbocycles. The minimum atomic E-state index is 0.109. The van der Waals surface area contributed by atoms with Gasteiger partial charge in [-0.2, -0.15) is 0 Å². The van der Waals surface area contributed by atoms with Crippen LogP contribution in [0.3, 0.4) is 0 Å². The van der Waals surface area contributed by atoms with E-state index >= 15 is 0 Å². The second-order valence-electron chi connectivity index (χ2n) is 6.60. The van der Waals surface area contributed by atoms with E-state index in [4.69, 9.17) is 9.47 Å². The highest BCUT2D eigenvalue weighted by atomic mass is 32.1. The van der Waals surface area contributed by atoms with Crippen LogP contribution in [0.15, 0.2) is 0 Å². The van der Waals surface area contributed by atoms with Crippen LogP contribution < -0.4 is 9.47 Å². The first-order chi connectivity index (χ1) is 8.27. The highest BCUT2D eigenvalue weighted by molar-refractivity contribution is 7.13. The van der Waals surface area contributed by atoms with E-state index in [0.29, 0.717) is 13.2 Å². The van der Waals surface area contributed by atoms with Crippen molar-refractivity contribution in [2.45, 2.75) is 58.8 Å². The number of fused-ring (bicyclic) bond motifs is 1. The van der Waals surface area contributed by atoms with Crippen LogP contribution in [-0.2, 0) is 10.8 Å². The standard InChI is InChI=1S/C15H24O2S/c1-7-15(5,6)13-11-10(16-8-9-17-11)12(18-13)14(2,3)4/h7-9H2,1-6H3. The summed E-state index contributed by atoms with van der Waals surface area (Å²) in [5, 5.41) is 0. The van der Waals surface area contributed by atoms with Gasteiger partial charge >= 0.3 is 0 Å². The molecule has 0 atom stereocenters. The third kappa shape index (κ3) is 2.25. The zero-order chi connectivity index (χ0) is 13.6. The fourth-order valence-corrected chi connectivity index (χ4v) is 3.47. The lowest BCUT2D eigenvalue weighted by molar-refractivity contribution is 0.167. The lowest BCUT2D eigenvalue weighted by atomic mass is 9.87. The van der Waals surface area contributed by atoms with E-state index in [9.17, 15) is 0 Å². The Morgan fingerprint density at radius 1 is 0.944 bits per heavy atom. The van der Waals surface area contributed by atoms with Gasteiger partial charge in [-0.1, -0.05) is 41.5 Å². The second-order valence-corrected chi connectivity index (χ2v) is 7.62. The van der Waals surface area contributed by atoms with Crippen LogP contribution in [-0.4, -0.2) is 13.2 Å². The van der Waals surface area contributed by atoms with Gasteiger partial charge in [0.15, 0.2) is 11.5 Å². The number of ether oxygens (including phenoxy) is 2. The van der Waals surface area contributed by atoms with Crippen LogP contribution in [0.1, 0.15) is 57.7 Å². The van der Waals surface area contributed by atoms with Crippen LogP contribution >= 0.6 is 11.3 Å². The molecule has 2 nitrogen and oxygen atoms in total. The van der Waals surface area contributed by atoms with Gasteiger partial charge in [0.2, 0.25) is 0 Å². The highest BCUT2D eigenvalue weighted by Crippen LogP contribution is 2.53. The van der Waals surface area contributed by atoms with Crippen molar-refractivity contribution in [1.29, 1.82) is 0 Å². The first-order valence-electron chi connectivity index (χ1n) is 6.70. The molecule has 0 amide bonds.